The van der Waals surface area contributed by atoms with Gasteiger partial charge in [-0.2, -0.15) is 5.10 Å². The number of hydrogen-bond acceptors (Lipinski definition) is 4. The number of rotatable bonds is 6. The van der Waals surface area contributed by atoms with Gasteiger partial charge in [-0.05, 0) is 44.4 Å². The second kappa shape index (κ2) is 7.40. The Hall–Kier alpha value is -1.88. The summed E-state index contributed by atoms with van der Waals surface area (Å²) in [5.74, 6) is 0.931. The van der Waals surface area contributed by atoms with Gasteiger partial charge in [0.2, 0.25) is 0 Å². The molecule has 1 fully saturated rings. The van der Waals surface area contributed by atoms with Gasteiger partial charge < -0.3 is 9.64 Å². The van der Waals surface area contributed by atoms with Crippen LogP contribution in [0.3, 0.4) is 0 Å². The zero-order valence-electron chi connectivity index (χ0n) is 13.1. The molecule has 0 spiro atoms. The minimum atomic E-state index is 0.331. The highest BCUT2D eigenvalue weighted by Gasteiger charge is 2.23. The summed E-state index contributed by atoms with van der Waals surface area (Å²) in [6.07, 6.45) is 11.1. The third-order valence-corrected chi connectivity index (χ3v) is 4.39. The van der Waals surface area contributed by atoms with Gasteiger partial charge in [0, 0.05) is 50.5 Å². The molecule has 3 heterocycles. The Labute approximate surface area is 131 Å². The standard InChI is InChI=1S/C17H24N4O/c1-15(5-14-21-11-2-8-19-21)20-12-6-17(7-13-20)22-16-3-9-18-10-4-16/h2-4,8-11,15,17H,5-7,12-14H2,1H3. The summed E-state index contributed by atoms with van der Waals surface area (Å²) in [6, 6.07) is 6.43. The van der Waals surface area contributed by atoms with Crippen LogP contribution < -0.4 is 4.74 Å². The van der Waals surface area contributed by atoms with Crippen LogP contribution in [0.1, 0.15) is 26.2 Å². The molecule has 0 aliphatic carbocycles. The summed E-state index contributed by atoms with van der Waals surface area (Å²) in [4.78, 5) is 6.59. The summed E-state index contributed by atoms with van der Waals surface area (Å²) in [5.41, 5.74) is 0. The summed E-state index contributed by atoms with van der Waals surface area (Å²) in [6.45, 7) is 5.52. The van der Waals surface area contributed by atoms with Crippen molar-refractivity contribution in [1.82, 2.24) is 19.7 Å². The first-order valence-electron chi connectivity index (χ1n) is 8.09. The van der Waals surface area contributed by atoms with Crippen LogP contribution in [0.15, 0.2) is 43.0 Å². The lowest BCUT2D eigenvalue weighted by Crippen LogP contribution is -2.43. The topological polar surface area (TPSA) is 43.2 Å². The van der Waals surface area contributed by atoms with E-state index in [0.717, 1.165) is 44.6 Å². The molecular weight excluding hydrogens is 276 g/mol. The zero-order valence-corrected chi connectivity index (χ0v) is 13.1. The second-order valence-corrected chi connectivity index (χ2v) is 5.94. The van der Waals surface area contributed by atoms with E-state index in [4.69, 9.17) is 4.74 Å². The van der Waals surface area contributed by atoms with E-state index in [0.29, 0.717) is 12.1 Å². The molecule has 0 aromatic carbocycles. The van der Waals surface area contributed by atoms with Crippen molar-refractivity contribution in [2.24, 2.45) is 0 Å². The van der Waals surface area contributed by atoms with E-state index in [1.807, 2.05) is 35.3 Å². The van der Waals surface area contributed by atoms with Gasteiger partial charge in [-0.3, -0.25) is 9.67 Å². The van der Waals surface area contributed by atoms with Crippen LogP contribution in [-0.2, 0) is 6.54 Å². The fourth-order valence-electron chi connectivity index (χ4n) is 2.98. The first-order chi connectivity index (χ1) is 10.8. The molecule has 0 radical (unpaired) electrons. The maximum absolute atomic E-state index is 6.02. The first-order valence-corrected chi connectivity index (χ1v) is 8.09. The molecule has 1 atom stereocenters. The molecule has 0 N–H and O–H groups in total. The van der Waals surface area contributed by atoms with Crippen LogP contribution in [0, 0.1) is 0 Å². The summed E-state index contributed by atoms with van der Waals surface area (Å²) in [5, 5.41) is 4.27. The smallest absolute Gasteiger partial charge is 0.122 e. The molecule has 22 heavy (non-hydrogen) atoms. The highest BCUT2D eigenvalue weighted by Crippen LogP contribution is 2.20. The first kappa shape index (κ1) is 15.0. The van der Waals surface area contributed by atoms with E-state index in [2.05, 4.69) is 21.9 Å². The highest BCUT2D eigenvalue weighted by atomic mass is 16.5. The Morgan fingerprint density at radius 3 is 2.68 bits per heavy atom. The van der Waals surface area contributed by atoms with Crippen molar-refractivity contribution in [3.05, 3.63) is 43.0 Å². The lowest BCUT2D eigenvalue weighted by molar-refractivity contribution is 0.0759. The Balaban J connectivity index is 1.41. The van der Waals surface area contributed by atoms with Gasteiger partial charge >= 0.3 is 0 Å². The molecule has 118 valence electrons. The molecule has 3 rings (SSSR count). The average molecular weight is 300 g/mol. The lowest BCUT2D eigenvalue weighted by Gasteiger charge is -2.36. The van der Waals surface area contributed by atoms with Gasteiger partial charge in [0.15, 0.2) is 0 Å². The van der Waals surface area contributed by atoms with Crippen LogP contribution in [0.25, 0.3) is 0 Å². The van der Waals surface area contributed by atoms with Crippen molar-refractivity contribution in [3.63, 3.8) is 0 Å². The minimum Gasteiger partial charge on any atom is -0.490 e. The quantitative estimate of drug-likeness (QED) is 0.822. The number of ether oxygens (including phenoxy) is 1. The highest BCUT2D eigenvalue weighted by molar-refractivity contribution is 5.17. The molecule has 1 unspecified atom stereocenters. The van der Waals surface area contributed by atoms with E-state index in [-0.39, 0.29) is 0 Å². The fourth-order valence-corrected chi connectivity index (χ4v) is 2.98. The summed E-state index contributed by atoms with van der Waals surface area (Å²) < 4.78 is 8.03. The summed E-state index contributed by atoms with van der Waals surface area (Å²) in [7, 11) is 0. The Kier molecular flexibility index (Phi) is 5.06. The van der Waals surface area contributed by atoms with Crippen LogP contribution in [-0.4, -0.2) is 44.9 Å². The molecule has 5 nitrogen and oxygen atoms in total. The van der Waals surface area contributed by atoms with E-state index in [1.54, 1.807) is 12.4 Å². The number of piperidine rings is 1. The Morgan fingerprint density at radius 2 is 2.00 bits per heavy atom. The third kappa shape index (κ3) is 4.07. The van der Waals surface area contributed by atoms with E-state index in [9.17, 15) is 0 Å². The van der Waals surface area contributed by atoms with Gasteiger partial charge in [-0.25, -0.2) is 0 Å². The van der Waals surface area contributed by atoms with Crippen molar-refractivity contribution in [3.8, 4) is 5.75 Å². The molecule has 5 heteroatoms. The van der Waals surface area contributed by atoms with Crippen molar-refractivity contribution >= 4 is 0 Å². The molecule has 2 aromatic heterocycles. The van der Waals surface area contributed by atoms with Crippen molar-refractivity contribution in [2.45, 2.75) is 44.9 Å². The second-order valence-electron chi connectivity index (χ2n) is 5.94. The SMILES string of the molecule is CC(CCn1cccn1)N1CCC(Oc2ccncc2)CC1. The molecule has 0 amide bonds. The predicted molar refractivity (Wildman–Crippen MR) is 85.8 cm³/mol. The van der Waals surface area contributed by atoms with Crippen LogP contribution in [0.2, 0.25) is 0 Å². The number of pyridine rings is 1. The van der Waals surface area contributed by atoms with E-state index >= 15 is 0 Å². The third-order valence-electron chi connectivity index (χ3n) is 4.39. The van der Waals surface area contributed by atoms with Crippen LogP contribution in [0.4, 0.5) is 0 Å². The van der Waals surface area contributed by atoms with E-state index < -0.39 is 0 Å². The number of hydrogen-bond donors (Lipinski definition) is 0. The summed E-state index contributed by atoms with van der Waals surface area (Å²) >= 11 is 0. The minimum absolute atomic E-state index is 0.331. The Bertz CT molecular complexity index is 535. The fraction of sp³-hybridized carbons (Fsp3) is 0.529. The maximum atomic E-state index is 6.02. The van der Waals surface area contributed by atoms with Crippen molar-refractivity contribution < 1.29 is 4.74 Å². The normalized spacial score (nSPS) is 18.2. The lowest BCUT2D eigenvalue weighted by atomic mass is 10.0. The van der Waals surface area contributed by atoms with Gasteiger partial charge in [0.25, 0.3) is 0 Å². The average Bonchev–Trinajstić information content (AvgIpc) is 3.08. The molecule has 1 aliphatic rings. The molecule has 0 bridgehead atoms. The number of aryl methyl sites for hydroxylation is 1. The monoisotopic (exact) mass is 300 g/mol. The van der Waals surface area contributed by atoms with Gasteiger partial charge in [0.05, 0.1) is 0 Å². The van der Waals surface area contributed by atoms with Gasteiger partial charge in [0.1, 0.15) is 11.9 Å². The van der Waals surface area contributed by atoms with Crippen LogP contribution >= 0.6 is 0 Å². The zero-order chi connectivity index (χ0) is 15.2. The number of likely N-dealkylation sites (tertiary alicyclic amines) is 1. The van der Waals surface area contributed by atoms with E-state index in [1.165, 1.54) is 0 Å². The predicted octanol–water partition coefficient (Wildman–Crippen LogP) is 2.60. The molecule has 2 aromatic rings. The van der Waals surface area contributed by atoms with Crippen LogP contribution in [0.5, 0.6) is 5.75 Å². The maximum Gasteiger partial charge on any atom is 0.122 e. The van der Waals surface area contributed by atoms with Crippen molar-refractivity contribution in [2.75, 3.05) is 13.1 Å². The molecule has 1 aliphatic heterocycles. The largest absolute Gasteiger partial charge is 0.490 e. The van der Waals surface area contributed by atoms with Gasteiger partial charge in [-0.1, -0.05) is 0 Å². The molecular formula is C17H24N4O. The van der Waals surface area contributed by atoms with Crippen molar-refractivity contribution in [1.29, 1.82) is 0 Å². The Morgan fingerprint density at radius 1 is 1.23 bits per heavy atom. The molecule has 0 saturated carbocycles. The number of nitrogens with zero attached hydrogens (tertiary/aromatic N) is 4. The molecule has 1 saturated heterocycles. The van der Waals surface area contributed by atoms with Gasteiger partial charge in [-0.15, -0.1) is 0 Å². The number of aromatic nitrogens is 3.